The van der Waals surface area contributed by atoms with Gasteiger partial charge in [0, 0.05) is 18.8 Å². The van der Waals surface area contributed by atoms with Crippen LogP contribution in [0.4, 0.5) is 0 Å². The van der Waals surface area contributed by atoms with E-state index in [0.29, 0.717) is 0 Å². The maximum absolute atomic E-state index is 9.80. The summed E-state index contributed by atoms with van der Waals surface area (Å²) >= 11 is 0. The monoisotopic (exact) mass is 155 g/mol. The predicted octanol–water partition coefficient (Wildman–Crippen LogP) is 1.37. The highest BCUT2D eigenvalue weighted by Gasteiger charge is 2.31. The van der Waals surface area contributed by atoms with E-state index >= 15 is 0 Å². The van der Waals surface area contributed by atoms with Gasteiger partial charge in [0.25, 0.3) is 0 Å². The lowest BCUT2D eigenvalue weighted by Crippen LogP contribution is -2.42. The van der Waals surface area contributed by atoms with E-state index in [1.165, 1.54) is 0 Å². The number of likely N-dealkylation sites (tertiary alicyclic amines) is 1. The van der Waals surface area contributed by atoms with Gasteiger partial charge in [0.2, 0.25) is 0 Å². The van der Waals surface area contributed by atoms with Gasteiger partial charge in [-0.25, -0.2) is 0 Å². The second-order valence-corrected chi connectivity index (χ2v) is 3.40. The average molecular weight is 155 g/mol. The molecule has 1 saturated heterocycles. The van der Waals surface area contributed by atoms with Crippen molar-refractivity contribution >= 4 is 0 Å². The van der Waals surface area contributed by atoms with Gasteiger partial charge in [-0.05, 0) is 26.7 Å². The first-order chi connectivity index (χ1) is 5.08. The van der Waals surface area contributed by atoms with Crippen molar-refractivity contribution in [3.05, 3.63) is 12.3 Å². The Morgan fingerprint density at radius 3 is 2.82 bits per heavy atom. The number of piperidine rings is 1. The highest BCUT2D eigenvalue weighted by atomic mass is 16.3. The Morgan fingerprint density at radius 1 is 1.73 bits per heavy atom. The van der Waals surface area contributed by atoms with Gasteiger partial charge < -0.3 is 10.0 Å². The van der Waals surface area contributed by atoms with E-state index in [2.05, 4.69) is 18.4 Å². The van der Waals surface area contributed by atoms with Gasteiger partial charge in [-0.15, -0.1) is 0 Å². The number of nitrogens with zero attached hydrogens (tertiary/aromatic N) is 1. The van der Waals surface area contributed by atoms with Crippen LogP contribution in [0.1, 0.15) is 26.7 Å². The van der Waals surface area contributed by atoms with Gasteiger partial charge in [0.15, 0.2) is 0 Å². The van der Waals surface area contributed by atoms with Crippen LogP contribution < -0.4 is 0 Å². The molecule has 64 valence electrons. The van der Waals surface area contributed by atoms with Crippen LogP contribution >= 0.6 is 0 Å². The van der Waals surface area contributed by atoms with Crippen molar-refractivity contribution in [1.29, 1.82) is 0 Å². The molecule has 0 saturated carbocycles. The molecule has 0 aliphatic carbocycles. The maximum atomic E-state index is 9.80. The molecule has 0 spiro atoms. The van der Waals surface area contributed by atoms with E-state index in [4.69, 9.17) is 0 Å². The summed E-state index contributed by atoms with van der Waals surface area (Å²) in [5.74, 6) is 0. The molecule has 0 aromatic rings. The minimum absolute atomic E-state index is 0.658. The fraction of sp³-hybridized carbons (Fsp3) is 0.778. The molecule has 0 aromatic carbocycles. The third kappa shape index (κ3) is 1.56. The van der Waals surface area contributed by atoms with E-state index in [1.807, 2.05) is 6.92 Å². The summed E-state index contributed by atoms with van der Waals surface area (Å²) < 4.78 is 0. The minimum Gasteiger partial charge on any atom is -0.384 e. The van der Waals surface area contributed by atoms with E-state index in [-0.39, 0.29) is 0 Å². The number of rotatable bonds is 1. The Kier molecular flexibility index (Phi) is 2.23. The SMILES string of the molecule is C=C1N(CC)CCC[C@]1(C)O. The van der Waals surface area contributed by atoms with E-state index < -0.39 is 5.60 Å². The normalized spacial score (nSPS) is 32.6. The summed E-state index contributed by atoms with van der Waals surface area (Å²) in [5, 5.41) is 9.80. The molecule has 1 aliphatic rings. The predicted molar refractivity (Wildman–Crippen MR) is 46.2 cm³/mol. The Balaban J connectivity index is 2.68. The molecule has 0 bridgehead atoms. The highest BCUT2D eigenvalue weighted by molar-refractivity contribution is 5.11. The van der Waals surface area contributed by atoms with Crippen molar-refractivity contribution < 1.29 is 5.11 Å². The molecule has 1 atom stereocenters. The Labute approximate surface area is 68.5 Å². The van der Waals surface area contributed by atoms with Crippen LogP contribution in [-0.2, 0) is 0 Å². The van der Waals surface area contributed by atoms with Crippen LogP contribution in [0, 0.1) is 0 Å². The second kappa shape index (κ2) is 2.86. The van der Waals surface area contributed by atoms with Crippen molar-refractivity contribution in [2.24, 2.45) is 0 Å². The van der Waals surface area contributed by atoms with Gasteiger partial charge in [-0.3, -0.25) is 0 Å². The second-order valence-electron chi connectivity index (χ2n) is 3.40. The molecular formula is C9H17NO. The summed E-state index contributed by atoms with van der Waals surface area (Å²) in [6, 6.07) is 0. The standard InChI is InChI=1S/C9H17NO/c1-4-10-7-5-6-9(3,11)8(10)2/h11H,2,4-7H2,1,3H3/t9-/m0/s1. The number of hydrogen-bond donors (Lipinski definition) is 1. The summed E-state index contributed by atoms with van der Waals surface area (Å²) in [7, 11) is 0. The van der Waals surface area contributed by atoms with Crippen LogP contribution in [0.2, 0.25) is 0 Å². The zero-order valence-corrected chi connectivity index (χ0v) is 7.43. The van der Waals surface area contributed by atoms with Gasteiger partial charge >= 0.3 is 0 Å². The molecule has 2 heteroatoms. The lowest BCUT2D eigenvalue weighted by molar-refractivity contribution is 0.0313. The van der Waals surface area contributed by atoms with Gasteiger partial charge in [0.05, 0.1) is 0 Å². The number of aliphatic hydroxyl groups is 1. The van der Waals surface area contributed by atoms with Crippen molar-refractivity contribution in [1.82, 2.24) is 4.90 Å². The molecule has 0 radical (unpaired) electrons. The molecule has 0 unspecified atom stereocenters. The molecular weight excluding hydrogens is 138 g/mol. The van der Waals surface area contributed by atoms with Crippen LogP contribution in [-0.4, -0.2) is 28.7 Å². The zero-order valence-electron chi connectivity index (χ0n) is 7.43. The van der Waals surface area contributed by atoms with E-state index in [9.17, 15) is 5.11 Å². The van der Waals surface area contributed by atoms with E-state index in [1.54, 1.807) is 0 Å². The maximum Gasteiger partial charge on any atom is 0.101 e. The van der Waals surface area contributed by atoms with Crippen LogP contribution in [0.25, 0.3) is 0 Å². The van der Waals surface area contributed by atoms with Gasteiger partial charge in [-0.1, -0.05) is 6.58 Å². The topological polar surface area (TPSA) is 23.5 Å². The van der Waals surface area contributed by atoms with Crippen molar-refractivity contribution in [2.45, 2.75) is 32.3 Å². The lowest BCUT2D eigenvalue weighted by Gasteiger charge is -2.39. The van der Waals surface area contributed by atoms with Crippen molar-refractivity contribution in [3.63, 3.8) is 0 Å². The fourth-order valence-corrected chi connectivity index (χ4v) is 1.58. The van der Waals surface area contributed by atoms with Gasteiger partial charge in [0.1, 0.15) is 5.60 Å². The Bertz CT molecular complexity index is 163. The highest BCUT2D eigenvalue weighted by Crippen LogP contribution is 2.28. The zero-order chi connectivity index (χ0) is 8.48. The van der Waals surface area contributed by atoms with Crippen LogP contribution in [0.3, 0.4) is 0 Å². The van der Waals surface area contributed by atoms with Crippen molar-refractivity contribution in [2.75, 3.05) is 13.1 Å². The quantitative estimate of drug-likeness (QED) is 0.618. The molecule has 0 amide bonds. The molecule has 1 rings (SSSR count). The minimum atomic E-state index is -0.658. The first kappa shape index (κ1) is 8.60. The average Bonchev–Trinajstić information content (AvgIpc) is 1.95. The molecule has 1 aliphatic heterocycles. The molecule has 1 fully saturated rings. The lowest BCUT2D eigenvalue weighted by atomic mass is 9.92. The summed E-state index contributed by atoms with van der Waals surface area (Å²) in [6.07, 6.45) is 1.92. The number of hydrogen-bond acceptors (Lipinski definition) is 2. The Morgan fingerprint density at radius 2 is 2.36 bits per heavy atom. The summed E-state index contributed by atoms with van der Waals surface area (Å²) in [4.78, 5) is 2.14. The fourth-order valence-electron chi connectivity index (χ4n) is 1.58. The Hall–Kier alpha value is -0.500. The first-order valence-electron chi connectivity index (χ1n) is 4.24. The van der Waals surface area contributed by atoms with Gasteiger partial charge in [-0.2, -0.15) is 0 Å². The molecule has 0 aromatic heterocycles. The third-order valence-electron chi connectivity index (χ3n) is 2.48. The van der Waals surface area contributed by atoms with Crippen molar-refractivity contribution in [3.8, 4) is 0 Å². The molecule has 11 heavy (non-hydrogen) atoms. The first-order valence-corrected chi connectivity index (χ1v) is 4.24. The van der Waals surface area contributed by atoms with Crippen LogP contribution in [0.15, 0.2) is 12.3 Å². The smallest absolute Gasteiger partial charge is 0.101 e. The third-order valence-corrected chi connectivity index (χ3v) is 2.48. The molecule has 1 heterocycles. The summed E-state index contributed by atoms with van der Waals surface area (Å²) in [6.45, 7) is 9.83. The van der Waals surface area contributed by atoms with E-state index in [0.717, 1.165) is 31.6 Å². The molecule has 2 nitrogen and oxygen atoms in total. The largest absolute Gasteiger partial charge is 0.384 e. The number of likely N-dealkylation sites (N-methyl/N-ethyl adjacent to an activating group) is 1. The molecule has 1 N–H and O–H groups in total. The summed E-state index contributed by atoms with van der Waals surface area (Å²) in [5.41, 5.74) is 0.222. The van der Waals surface area contributed by atoms with Crippen LogP contribution in [0.5, 0.6) is 0 Å².